The van der Waals surface area contributed by atoms with E-state index >= 15 is 0 Å². The van der Waals surface area contributed by atoms with Crippen molar-refractivity contribution in [2.45, 2.75) is 38.5 Å². The van der Waals surface area contributed by atoms with Gasteiger partial charge in [0.15, 0.2) is 11.6 Å². The van der Waals surface area contributed by atoms with Crippen LogP contribution in [0.25, 0.3) is 0 Å². The molecule has 0 amide bonds. The summed E-state index contributed by atoms with van der Waals surface area (Å²) in [6.45, 7) is 4.42. The van der Waals surface area contributed by atoms with E-state index in [2.05, 4.69) is 26.0 Å². The Bertz CT molecular complexity index is 918. The number of hydrogen-bond donors (Lipinski definition) is 0. The van der Waals surface area contributed by atoms with Gasteiger partial charge in [-0.15, -0.1) is 0 Å². The van der Waals surface area contributed by atoms with E-state index < -0.39 is 5.82 Å². The summed E-state index contributed by atoms with van der Waals surface area (Å²) < 4.78 is 32.7. The molecule has 1 nitrogen and oxygen atoms in total. The average Bonchev–Trinajstić information content (AvgIpc) is 2.66. The Kier molecular flexibility index (Phi) is 6.35. The van der Waals surface area contributed by atoms with Crippen LogP contribution in [0, 0.1) is 11.6 Å². The Morgan fingerprint density at radius 1 is 0.893 bits per heavy atom. The molecule has 3 aromatic rings. The summed E-state index contributed by atoms with van der Waals surface area (Å²) in [7, 11) is 0. The van der Waals surface area contributed by atoms with Crippen molar-refractivity contribution in [2.24, 2.45) is 0 Å². The minimum absolute atomic E-state index is 0.0259. The van der Waals surface area contributed by atoms with Crippen molar-refractivity contribution in [3.05, 3.63) is 94.5 Å². The molecule has 0 aromatic heterocycles. The third-order valence-electron chi connectivity index (χ3n) is 4.93. The summed E-state index contributed by atoms with van der Waals surface area (Å²) in [5.74, 6) is -0.234. The van der Waals surface area contributed by atoms with Crippen LogP contribution in [0.2, 0.25) is 5.02 Å². The SMILES string of the molecule is CC(C)(CCCc1ccc(F)c(Oc2ccc(F)cc2)c1)c1ccc(Cl)cc1. The van der Waals surface area contributed by atoms with E-state index in [9.17, 15) is 8.78 Å². The summed E-state index contributed by atoms with van der Waals surface area (Å²) in [6.07, 6.45) is 2.76. The second-order valence-electron chi connectivity index (χ2n) is 7.57. The van der Waals surface area contributed by atoms with Crippen LogP contribution in [0.15, 0.2) is 66.7 Å². The summed E-state index contributed by atoms with van der Waals surface area (Å²) in [5.41, 5.74) is 2.28. The third kappa shape index (κ3) is 5.32. The van der Waals surface area contributed by atoms with Crippen molar-refractivity contribution in [2.75, 3.05) is 0 Å². The molecule has 3 rings (SSSR count). The summed E-state index contributed by atoms with van der Waals surface area (Å²) in [6, 6.07) is 18.4. The molecule has 28 heavy (non-hydrogen) atoms. The molecule has 0 radical (unpaired) electrons. The second kappa shape index (κ2) is 8.74. The lowest BCUT2D eigenvalue weighted by atomic mass is 9.80. The van der Waals surface area contributed by atoms with Crippen molar-refractivity contribution < 1.29 is 13.5 Å². The van der Waals surface area contributed by atoms with Gasteiger partial charge in [0.2, 0.25) is 0 Å². The van der Waals surface area contributed by atoms with Crippen LogP contribution >= 0.6 is 11.6 Å². The van der Waals surface area contributed by atoms with Gasteiger partial charge in [-0.2, -0.15) is 0 Å². The molecule has 0 heterocycles. The van der Waals surface area contributed by atoms with Crippen LogP contribution in [0.3, 0.4) is 0 Å². The van der Waals surface area contributed by atoms with Crippen molar-refractivity contribution >= 4 is 11.6 Å². The first-order valence-corrected chi connectivity index (χ1v) is 9.69. The minimum Gasteiger partial charge on any atom is -0.454 e. The first-order chi connectivity index (χ1) is 13.3. The maximum absolute atomic E-state index is 14.1. The smallest absolute Gasteiger partial charge is 0.165 e. The van der Waals surface area contributed by atoms with Gasteiger partial charge in [0.1, 0.15) is 11.6 Å². The quantitative estimate of drug-likeness (QED) is 0.394. The fraction of sp³-hybridized carbons (Fsp3) is 0.250. The Balaban J connectivity index is 1.63. The molecule has 0 bridgehead atoms. The number of rotatable bonds is 7. The Morgan fingerprint density at radius 3 is 2.25 bits per heavy atom. The lowest BCUT2D eigenvalue weighted by Gasteiger charge is -2.25. The Hall–Kier alpha value is -2.39. The molecule has 0 fully saturated rings. The lowest BCUT2D eigenvalue weighted by molar-refractivity contribution is 0.438. The normalized spacial score (nSPS) is 11.5. The monoisotopic (exact) mass is 400 g/mol. The van der Waals surface area contributed by atoms with Gasteiger partial charge in [0.05, 0.1) is 0 Å². The topological polar surface area (TPSA) is 9.23 Å². The molecule has 0 spiro atoms. The molecular formula is C24H23ClF2O. The molecule has 0 aliphatic rings. The molecule has 0 atom stereocenters. The van der Waals surface area contributed by atoms with Crippen LogP contribution in [0.4, 0.5) is 8.78 Å². The van der Waals surface area contributed by atoms with E-state index in [4.69, 9.17) is 16.3 Å². The van der Waals surface area contributed by atoms with E-state index in [1.54, 1.807) is 12.1 Å². The lowest BCUT2D eigenvalue weighted by Crippen LogP contribution is -2.17. The predicted molar refractivity (Wildman–Crippen MR) is 110 cm³/mol. The Labute approximate surface area is 169 Å². The fourth-order valence-electron chi connectivity index (χ4n) is 3.19. The zero-order valence-corrected chi connectivity index (χ0v) is 16.8. The maximum atomic E-state index is 14.1. The molecule has 4 heteroatoms. The van der Waals surface area contributed by atoms with Crippen LogP contribution in [-0.4, -0.2) is 0 Å². The van der Waals surface area contributed by atoms with E-state index in [1.165, 1.54) is 35.9 Å². The molecule has 0 N–H and O–H groups in total. The van der Waals surface area contributed by atoms with Gasteiger partial charge in [-0.25, -0.2) is 8.78 Å². The molecule has 146 valence electrons. The van der Waals surface area contributed by atoms with Gasteiger partial charge in [-0.1, -0.05) is 43.6 Å². The van der Waals surface area contributed by atoms with Crippen LogP contribution < -0.4 is 4.74 Å². The predicted octanol–water partition coefficient (Wildman–Crippen LogP) is 7.71. The van der Waals surface area contributed by atoms with Crippen molar-refractivity contribution in [1.82, 2.24) is 0 Å². The standard InChI is InChI=1S/C24H23ClF2O/c1-24(2,18-6-8-19(25)9-7-18)15-3-4-17-5-14-22(27)23(16-17)28-21-12-10-20(26)11-13-21/h5-14,16H,3-4,15H2,1-2H3. The molecule has 0 unspecified atom stereocenters. The number of halogens is 3. The largest absolute Gasteiger partial charge is 0.454 e. The van der Waals surface area contributed by atoms with Crippen LogP contribution in [0.1, 0.15) is 37.8 Å². The van der Waals surface area contributed by atoms with Gasteiger partial charge in [-0.05, 0) is 84.3 Å². The van der Waals surface area contributed by atoms with Crippen LogP contribution in [0.5, 0.6) is 11.5 Å². The highest BCUT2D eigenvalue weighted by Gasteiger charge is 2.20. The van der Waals surface area contributed by atoms with Gasteiger partial charge in [0, 0.05) is 5.02 Å². The molecule has 0 saturated carbocycles. The van der Waals surface area contributed by atoms with Gasteiger partial charge >= 0.3 is 0 Å². The van der Waals surface area contributed by atoms with Gasteiger partial charge in [0.25, 0.3) is 0 Å². The van der Waals surface area contributed by atoms with Gasteiger partial charge < -0.3 is 4.74 Å². The third-order valence-corrected chi connectivity index (χ3v) is 5.18. The van der Waals surface area contributed by atoms with E-state index in [0.29, 0.717) is 5.75 Å². The van der Waals surface area contributed by atoms with Crippen molar-refractivity contribution in [3.63, 3.8) is 0 Å². The van der Waals surface area contributed by atoms with Crippen molar-refractivity contribution in [1.29, 1.82) is 0 Å². The minimum atomic E-state index is -0.436. The first-order valence-electron chi connectivity index (χ1n) is 9.31. The molecular weight excluding hydrogens is 378 g/mol. The number of hydrogen-bond acceptors (Lipinski definition) is 1. The number of benzene rings is 3. The maximum Gasteiger partial charge on any atom is 0.165 e. The molecule has 0 aliphatic heterocycles. The zero-order chi connectivity index (χ0) is 20.1. The Morgan fingerprint density at radius 2 is 1.57 bits per heavy atom. The highest BCUT2D eigenvalue weighted by atomic mass is 35.5. The number of aryl methyl sites for hydroxylation is 1. The zero-order valence-electron chi connectivity index (χ0n) is 16.0. The summed E-state index contributed by atoms with van der Waals surface area (Å²) >= 11 is 5.98. The second-order valence-corrected chi connectivity index (χ2v) is 8.00. The highest BCUT2D eigenvalue weighted by molar-refractivity contribution is 6.30. The average molecular weight is 401 g/mol. The number of ether oxygens (including phenoxy) is 1. The first kappa shape index (κ1) is 20.3. The van der Waals surface area contributed by atoms with Gasteiger partial charge in [-0.3, -0.25) is 0 Å². The highest BCUT2D eigenvalue weighted by Crippen LogP contribution is 2.31. The van der Waals surface area contributed by atoms with E-state index in [0.717, 1.165) is 29.8 Å². The fourth-order valence-corrected chi connectivity index (χ4v) is 3.32. The molecule has 0 saturated heterocycles. The van der Waals surface area contributed by atoms with E-state index in [1.807, 2.05) is 12.1 Å². The molecule has 0 aliphatic carbocycles. The summed E-state index contributed by atoms with van der Waals surface area (Å²) in [5, 5.41) is 0.736. The van der Waals surface area contributed by atoms with E-state index in [-0.39, 0.29) is 17.0 Å². The van der Waals surface area contributed by atoms with Crippen molar-refractivity contribution in [3.8, 4) is 11.5 Å². The van der Waals surface area contributed by atoms with Crippen LogP contribution in [-0.2, 0) is 11.8 Å². The summed E-state index contributed by atoms with van der Waals surface area (Å²) in [4.78, 5) is 0. The molecule has 3 aromatic carbocycles.